The van der Waals surface area contributed by atoms with Gasteiger partial charge in [0, 0.05) is 32.7 Å². The Morgan fingerprint density at radius 2 is 2.04 bits per heavy atom. The number of nitrogens with zero attached hydrogens (tertiary/aromatic N) is 4. The SMILES string of the molecule is CNc1cnc2nc(N3CC(CO)C3)n(Cc3ccccc3)c2c1. The molecule has 0 aliphatic carbocycles. The first-order chi connectivity index (χ1) is 11.8. The summed E-state index contributed by atoms with van der Waals surface area (Å²) >= 11 is 0. The maximum atomic E-state index is 9.29. The van der Waals surface area contributed by atoms with Crippen LogP contribution in [-0.4, -0.2) is 46.4 Å². The Morgan fingerprint density at radius 1 is 1.25 bits per heavy atom. The first-order valence-corrected chi connectivity index (χ1v) is 8.22. The fourth-order valence-electron chi connectivity index (χ4n) is 3.14. The summed E-state index contributed by atoms with van der Waals surface area (Å²) in [4.78, 5) is 11.4. The number of anilines is 2. The van der Waals surface area contributed by atoms with Crippen molar-refractivity contribution in [3.8, 4) is 0 Å². The second-order valence-electron chi connectivity index (χ2n) is 6.25. The zero-order valence-corrected chi connectivity index (χ0v) is 13.7. The van der Waals surface area contributed by atoms with E-state index >= 15 is 0 Å². The molecule has 0 atom stereocenters. The molecule has 124 valence electrons. The number of pyridine rings is 1. The number of aliphatic hydroxyl groups excluding tert-OH is 1. The molecule has 1 fully saturated rings. The fourth-order valence-corrected chi connectivity index (χ4v) is 3.14. The number of benzene rings is 1. The fraction of sp³-hybridized carbons (Fsp3) is 0.333. The van der Waals surface area contributed by atoms with E-state index in [0.717, 1.165) is 42.4 Å². The van der Waals surface area contributed by atoms with Crippen molar-refractivity contribution in [2.75, 3.05) is 37.0 Å². The van der Waals surface area contributed by atoms with E-state index in [2.05, 4.69) is 50.1 Å². The zero-order valence-electron chi connectivity index (χ0n) is 13.7. The molecule has 6 nitrogen and oxygen atoms in total. The molecule has 24 heavy (non-hydrogen) atoms. The third-order valence-electron chi connectivity index (χ3n) is 4.56. The van der Waals surface area contributed by atoms with Crippen molar-refractivity contribution >= 4 is 22.8 Å². The van der Waals surface area contributed by atoms with Crippen molar-refractivity contribution in [1.29, 1.82) is 0 Å². The van der Waals surface area contributed by atoms with Crippen molar-refractivity contribution in [3.05, 3.63) is 48.2 Å². The second kappa shape index (κ2) is 6.13. The first-order valence-electron chi connectivity index (χ1n) is 8.22. The van der Waals surface area contributed by atoms with Crippen molar-refractivity contribution in [3.63, 3.8) is 0 Å². The van der Waals surface area contributed by atoms with Gasteiger partial charge < -0.3 is 19.9 Å². The van der Waals surface area contributed by atoms with Crippen LogP contribution in [0.2, 0.25) is 0 Å². The van der Waals surface area contributed by atoms with Gasteiger partial charge in [-0.05, 0) is 11.6 Å². The summed E-state index contributed by atoms with van der Waals surface area (Å²) in [6.07, 6.45) is 1.80. The van der Waals surface area contributed by atoms with Gasteiger partial charge in [-0.1, -0.05) is 30.3 Å². The summed E-state index contributed by atoms with van der Waals surface area (Å²) in [7, 11) is 1.89. The van der Waals surface area contributed by atoms with Gasteiger partial charge in [0.2, 0.25) is 5.95 Å². The lowest BCUT2D eigenvalue weighted by molar-refractivity contribution is 0.199. The lowest BCUT2D eigenvalue weighted by Crippen LogP contribution is -2.49. The quantitative estimate of drug-likeness (QED) is 0.751. The van der Waals surface area contributed by atoms with E-state index < -0.39 is 0 Å². The highest BCUT2D eigenvalue weighted by molar-refractivity contribution is 5.78. The Hall–Kier alpha value is -2.60. The molecule has 0 radical (unpaired) electrons. The van der Waals surface area contributed by atoms with E-state index in [4.69, 9.17) is 4.98 Å². The minimum Gasteiger partial charge on any atom is -0.396 e. The Kier molecular flexibility index (Phi) is 3.82. The van der Waals surface area contributed by atoms with Gasteiger partial charge in [-0.15, -0.1) is 0 Å². The maximum Gasteiger partial charge on any atom is 0.208 e. The highest BCUT2D eigenvalue weighted by atomic mass is 16.3. The van der Waals surface area contributed by atoms with Crippen LogP contribution in [0.25, 0.3) is 11.2 Å². The molecule has 1 aliphatic heterocycles. The van der Waals surface area contributed by atoms with Crippen LogP contribution in [0.1, 0.15) is 5.56 Å². The van der Waals surface area contributed by atoms with Gasteiger partial charge in [-0.3, -0.25) is 0 Å². The van der Waals surface area contributed by atoms with Crippen LogP contribution in [0.5, 0.6) is 0 Å². The van der Waals surface area contributed by atoms with Crippen LogP contribution in [0.15, 0.2) is 42.6 Å². The molecule has 3 aromatic rings. The Balaban J connectivity index is 1.77. The average Bonchev–Trinajstić information content (AvgIpc) is 2.92. The van der Waals surface area contributed by atoms with Crippen molar-refractivity contribution in [2.45, 2.75) is 6.54 Å². The van der Waals surface area contributed by atoms with Crippen LogP contribution in [-0.2, 0) is 6.54 Å². The van der Waals surface area contributed by atoms with E-state index in [-0.39, 0.29) is 6.61 Å². The average molecular weight is 323 g/mol. The van der Waals surface area contributed by atoms with Gasteiger partial charge in [0.1, 0.15) is 0 Å². The molecule has 1 aromatic carbocycles. The molecule has 4 rings (SSSR count). The number of imidazole rings is 1. The number of rotatable bonds is 5. The third kappa shape index (κ3) is 2.59. The zero-order chi connectivity index (χ0) is 16.5. The van der Waals surface area contributed by atoms with Crippen molar-refractivity contribution in [2.24, 2.45) is 5.92 Å². The van der Waals surface area contributed by atoms with Crippen LogP contribution in [0.4, 0.5) is 11.6 Å². The summed E-state index contributed by atoms with van der Waals surface area (Å²) in [6, 6.07) is 12.5. The summed E-state index contributed by atoms with van der Waals surface area (Å²) < 4.78 is 2.21. The Bertz CT molecular complexity index is 839. The van der Waals surface area contributed by atoms with Crippen LogP contribution >= 0.6 is 0 Å². The minimum atomic E-state index is 0.234. The van der Waals surface area contributed by atoms with Crippen LogP contribution in [0.3, 0.4) is 0 Å². The highest BCUT2D eigenvalue weighted by Gasteiger charge is 2.30. The molecule has 6 heteroatoms. The Labute approximate surface area is 140 Å². The molecule has 0 unspecified atom stereocenters. The number of fused-ring (bicyclic) bond motifs is 1. The predicted molar refractivity (Wildman–Crippen MR) is 95.4 cm³/mol. The first kappa shape index (κ1) is 15.0. The predicted octanol–water partition coefficient (Wildman–Crippen LogP) is 1.95. The van der Waals surface area contributed by atoms with Crippen LogP contribution < -0.4 is 10.2 Å². The van der Waals surface area contributed by atoms with E-state index in [1.165, 1.54) is 5.56 Å². The highest BCUT2D eigenvalue weighted by Crippen LogP contribution is 2.29. The second-order valence-corrected chi connectivity index (χ2v) is 6.25. The molecule has 0 spiro atoms. The molecular weight excluding hydrogens is 302 g/mol. The van der Waals surface area contributed by atoms with Gasteiger partial charge >= 0.3 is 0 Å². The summed E-state index contributed by atoms with van der Waals surface area (Å²) in [5.41, 5.74) is 3.98. The maximum absolute atomic E-state index is 9.29. The molecule has 1 aliphatic rings. The third-order valence-corrected chi connectivity index (χ3v) is 4.56. The lowest BCUT2D eigenvalue weighted by Gasteiger charge is -2.39. The smallest absolute Gasteiger partial charge is 0.208 e. The van der Waals surface area contributed by atoms with Crippen molar-refractivity contribution in [1.82, 2.24) is 14.5 Å². The summed E-state index contributed by atoms with van der Waals surface area (Å²) in [5.74, 6) is 1.27. The monoisotopic (exact) mass is 323 g/mol. The lowest BCUT2D eigenvalue weighted by atomic mass is 10.0. The molecule has 0 amide bonds. The molecule has 2 N–H and O–H groups in total. The minimum absolute atomic E-state index is 0.234. The van der Waals surface area contributed by atoms with Gasteiger partial charge in [0.05, 0.1) is 23.9 Å². The summed E-state index contributed by atoms with van der Waals surface area (Å²) in [5, 5.41) is 12.4. The number of aromatic nitrogens is 3. The number of aliphatic hydroxyl groups is 1. The molecule has 0 bridgehead atoms. The summed E-state index contributed by atoms with van der Waals surface area (Å²) in [6.45, 7) is 2.67. The van der Waals surface area contributed by atoms with Crippen molar-refractivity contribution < 1.29 is 5.11 Å². The molecule has 2 aromatic heterocycles. The normalized spacial score (nSPS) is 14.8. The van der Waals surface area contributed by atoms with Gasteiger partial charge in [0.15, 0.2) is 5.65 Å². The van der Waals surface area contributed by atoms with E-state index in [1.54, 1.807) is 6.20 Å². The Morgan fingerprint density at radius 3 is 2.75 bits per heavy atom. The molecule has 0 saturated carbocycles. The largest absolute Gasteiger partial charge is 0.396 e. The van der Waals surface area contributed by atoms with Gasteiger partial charge in [-0.2, -0.15) is 4.98 Å². The van der Waals surface area contributed by atoms with E-state index in [0.29, 0.717) is 5.92 Å². The van der Waals surface area contributed by atoms with E-state index in [9.17, 15) is 5.11 Å². The standard InChI is InChI=1S/C18H21N5O/c1-19-15-7-16-17(20-8-15)21-18(22-9-14(10-22)12-24)23(16)11-13-5-3-2-4-6-13/h2-8,14,19,24H,9-12H2,1H3. The van der Waals surface area contributed by atoms with Crippen LogP contribution in [0, 0.1) is 5.92 Å². The number of nitrogens with one attached hydrogen (secondary N) is 1. The molecule has 3 heterocycles. The molecular formula is C18H21N5O. The molecule has 1 saturated heterocycles. The van der Waals surface area contributed by atoms with Gasteiger partial charge in [-0.25, -0.2) is 4.98 Å². The number of hydrogen-bond acceptors (Lipinski definition) is 5. The van der Waals surface area contributed by atoms with E-state index in [1.807, 2.05) is 13.1 Å². The van der Waals surface area contributed by atoms with Gasteiger partial charge in [0.25, 0.3) is 0 Å². The number of hydrogen-bond donors (Lipinski definition) is 2. The topological polar surface area (TPSA) is 66.2 Å².